The van der Waals surface area contributed by atoms with E-state index in [4.69, 9.17) is 4.74 Å². The first-order valence-corrected chi connectivity index (χ1v) is 6.61. The van der Waals surface area contributed by atoms with Crippen molar-refractivity contribution in [1.82, 2.24) is 0 Å². The van der Waals surface area contributed by atoms with E-state index in [9.17, 15) is 14.3 Å². The highest BCUT2D eigenvalue weighted by molar-refractivity contribution is 5.96. The summed E-state index contributed by atoms with van der Waals surface area (Å²) in [6.07, 6.45) is 0. The minimum Gasteiger partial charge on any atom is -0.489 e. The van der Waals surface area contributed by atoms with Gasteiger partial charge >= 0.3 is 0 Å². The van der Waals surface area contributed by atoms with E-state index in [2.05, 4.69) is 0 Å². The molecule has 3 nitrogen and oxygen atoms in total. The summed E-state index contributed by atoms with van der Waals surface area (Å²) >= 11 is 0. The van der Waals surface area contributed by atoms with E-state index in [0.717, 1.165) is 6.07 Å². The van der Waals surface area contributed by atoms with Crippen LogP contribution in [0.2, 0.25) is 0 Å². The van der Waals surface area contributed by atoms with Crippen molar-refractivity contribution in [3.05, 3.63) is 65.5 Å². The number of aliphatic hydroxyl groups is 1. The number of carbonyl (C=O) groups is 1. The number of halogens is 1. The van der Waals surface area contributed by atoms with Crippen molar-refractivity contribution in [2.24, 2.45) is 0 Å². The molecular formula is C17H17FO3. The third kappa shape index (κ3) is 3.67. The Morgan fingerprint density at radius 2 is 1.90 bits per heavy atom. The Hall–Kier alpha value is -2.20. The molecule has 0 aliphatic carbocycles. The Kier molecular flexibility index (Phi) is 4.38. The summed E-state index contributed by atoms with van der Waals surface area (Å²) in [7, 11) is 0. The first kappa shape index (κ1) is 15.2. The van der Waals surface area contributed by atoms with Crippen LogP contribution >= 0.6 is 0 Å². The lowest BCUT2D eigenvalue weighted by molar-refractivity contribution is 0.00730. The average molecular weight is 288 g/mol. The molecule has 1 atom stereocenters. The zero-order valence-corrected chi connectivity index (χ0v) is 12.0. The van der Waals surface area contributed by atoms with Crippen LogP contribution in [0, 0.1) is 5.82 Å². The Bertz CT molecular complexity index is 636. The topological polar surface area (TPSA) is 46.5 Å². The molecule has 0 aliphatic rings. The van der Waals surface area contributed by atoms with E-state index in [0.29, 0.717) is 5.56 Å². The van der Waals surface area contributed by atoms with Crippen molar-refractivity contribution in [3.63, 3.8) is 0 Å². The number of ether oxygens (including phenoxy) is 1. The maximum atomic E-state index is 13.2. The number of Topliss-reactive ketones (excluding diaryl/α,β-unsaturated/α-hetero) is 1. The smallest absolute Gasteiger partial charge is 0.163 e. The van der Waals surface area contributed by atoms with Gasteiger partial charge in [-0.05, 0) is 37.6 Å². The molecule has 0 saturated carbocycles. The minimum absolute atomic E-state index is 0.0388. The van der Waals surface area contributed by atoms with Crippen LogP contribution in [-0.2, 0) is 5.60 Å². The molecular weight excluding hydrogens is 271 g/mol. The molecule has 0 aromatic heterocycles. The molecule has 2 rings (SSSR count). The maximum absolute atomic E-state index is 13.2. The summed E-state index contributed by atoms with van der Waals surface area (Å²) in [4.78, 5) is 11.5. The summed E-state index contributed by atoms with van der Waals surface area (Å²) in [6.45, 7) is 2.93. The second kappa shape index (κ2) is 6.06. The monoisotopic (exact) mass is 288 g/mol. The number of carbonyl (C=O) groups excluding carboxylic acids is 1. The van der Waals surface area contributed by atoms with Crippen molar-refractivity contribution in [2.45, 2.75) is 19.4 Å². The molecule has 0 amide bonds. The molecule has 0 saturated heterocycles. The predicted octanol–water partition coefficient (Wildman–Crippen LogP) is 3.31. The molecule has 1 unspecified atom stereocenters. The molecule has 1 N–H and O–H groups in total. The molecule has 0 radical (unpaired) electrons. The van der Waals surface area contributed by atoms with E-state index < -0.39 is 11.4 Å². The van der Waals surface area contributed by atoms with Gasteiger partial charge in [0.1, 0.15) is 23.8 Å². The van der Waals surface area contributed by atoms with Gasteiger partial charge < -0.3 is 9.84 Å². The number of hydrogen-bond acceptors (Lipinski definition) is 3. The van der Waals surface area contributed by atoms with E-state index in [-0.39, 0.29) is 23.7 Å². The van der Waals surface area contributed by atoms with Gasteiger partial charge in [-0.15, -0.1) is 0 Å². The van der Waals surface area contributed by atoms with Gasteiger partial charge in [0.2, 0.25) is 0 Å². The molecule has 110 valence electrons. The maximum Gasteiger partial charge on any atom is 0.163 e. The minimum atomic E-state index is -1.20. The van der Waals surface area contributed by atoms with Gasteiger partial charge in [0.25, 0.3) is 0 Å². The third-order valence-electron chi connectivity index (χ3n) is 3.23. The van der Waals surface area contributed by atoms with Crippen LogP contribution in [0.15, 0.2) is 48.5 Å². The van der Waals surface area contributed by atoms with E-state index in [1.165, 1.54) is 19.1 Å². The second-order valence-electron chi connectivity index (χ2n) is 5.13. The average Bonchev–Trinajstić information content (AvgIpc) is 2.47. The molecule has 0 spiro atoms. The zero-order valence-electron chi connectivity index (χ0n) is 12.0. The predicted molar refractivity (Wildman–Crippen MR) is 77.9 cm³/mol. The quantitative estimate of drug-likeness (QED) is 0.859. The lowest BCUT2D eigenvalue weighted by Gasteiger charge is -2.24. The van der Waals surface area contributed by atoms with Gasteiger partial charge in [-0.1, -0.05) is 30.3 Å². The van der Waals surface area contributed by atoms with Crippen molar-refractivity contribution in [3.8, 4) is 5.75 Å². The number of rotatable bonds is 5. The third-order valence-corrected chi connectivity index (χ3v) is 3.23. The van der Waals surface area contributed by atoms with Crippen LogP contribution in [0.3, 0.4) is 0 Å². The van der Waals surface area contributed by atoms with Gasteiger partial charge in [0, 0.05) is 0 Å². The molecule has 21 heavy (non-hydrogen) atoms. The summed E-state index contributed by atoms with van der Waals surface area (Å²) in [6, 6.07) is 12.8. The highest BCUT2D eigenvalue weighted by Gasteiger charge is 2.24. The Morgan fingerprint density at radius 3 is 2.52 bits per heavy atom. The van der Waals surface area contributed by atoms with Gasteiger partial charge in [0.15, 0.2) is 5.78 Å². The summed E-state index contributed by atoms with van der Waals surface area (Å²) < 4.78 is 18.7. The second-order valence-corrected chi connectivity index (χ2v) is 5.13. The first-order chi connectivity index (χ1) is 9.90. The van der Waals surface area contributed by atoms with Crippen LogP contribution in [0.1, 0.15) is 29.8 Å². The summed E-state index contributed by atoms with van der Waals surface area (Å²) in [5, 5.41) is 10.4. The fourth-order valence-corrected chi connectivity index (χ4v) is 2.00. The molecule has 0 heterocycles. The molecule has 0 fully saturated rings. The molecule has 2 aromatic rings. The largest absolute Gasteiger partial charge is 0.489 e. The van der Waals surface area contributed by atoms with Gasteiger partial charge in [0.05, 0.1) is 5.56 Å². The fourth-order valence-electron chi connectivity index (χ4n) is 2.00. The number of benzene rings is 2. The van der Waals surface area contributed by atoms with Crippen molar-refractivity contribution < 1.29 is 19.0 Å². The lowest BCUT2D eigenvalue weighted by Crippen LogP contribution is -2.29. The van der Waals surface area contributed by atoms with Crippen LogP contribution < -0.4 is 4.74 Å². The standard InChI is InChI=1S/C17H17FO3/c1-12(19)15-10-14(18)8-9-16(15)21-11-17(2,20)13-6-4-3-5-7-13/h3-10,20H,11H2,1-2H3. The SMILES string of the molecule is CC(=O)c1cc(F)ccc1OCC(C)(O)c1ccccc1. The highest BCUT2D eigenvalue weighted by Crippen LogP contribution is 2.25. The molecule has 0 aliphatic heterocycles. The van der Waals surface area contributed by atoms with Crippen molar-refractivity contribution >= 4 is 5.78 Å². The summed E-state index contributed by atoms with van der Waals surface area (Å²) in [5.41, 5.74) is -0.334. The van der Waals surface area contributed by atoms with E-state index in [1.54, 1.807) is 19.1 Å². The zero-order chi connectivity index (χ0) is 15.5. The Balaban J connectivity index is 2.18. The fraction of sp³-hybridized carbons (Fsp3) is 0.235. The summed E-state index contributed by atoms with van der Waals surface area (Å²) in [5.74, 6) is -0.522. The number of hydrogen-bond donors (Lipinski definition) is 1. The van der Waals surface area contributed by atoms with Crippen LogP contribution in [0.4, 0.5) is 4.39 Å². The van der Waals surface area contributed by atoms with Crippen molar-refractivity contribution in [2.75, 3.05) is 6.61 Å². The van der Waals surface area contributed by atoms with Crippen LogP contribution in [0.5, 0.6) is 5.75 Å². The van der Waals surface area contributed by atoms with E-state index >= 15 is 0 Å². The van der Waals surface area contributed by atoms with E-state index in [1.807, 2.05) is 18.2 Å². The van der Waals surface area contributed by atoms with Gasteiger partial charge in [-0.25, -0.2) is 4.39 Å². The molecule has 4 heteroatoms. The van der Waals surface area contributed by atoms with Crippen molar-refractivity contribution in [1.29, 1.82) is 0 Å². The highest BCUT2D eigenvalue weighted by atomic mass is 19.1. The van der Waals surface area contributed by atoms with Gasteiger partial charge in [-0.2, -0.15) is 0 Å². The van der Waals surface area contributed by atoms with Crippen LogP contribution in [-0.4, -0.2) is 17.5 Å². The Labute approximate surface area is 123 Å². The first-order valence-electron chi connectivity index (χ1n) is 6.61. The molecule has 0 bridgehead atoms. The van der Waals surface area contributed by atoms with Crippen LogP contribution in [0.25, 0.3) is 0 Å². The van der Waals surface area contributed by atoms with Gasteiger partial charge in [-0.3, -0.25) is 4.79 Å². The lowest BCUT2D eigenvalue weighted by atomic mass is 9.97. The Morgan fingerprint density at radius 1 is 1.24 bits per heavy atom. The molecule has 2 aromatic carbocycles. The number of ketones is 1. The normalized spacial score (nSPS) is 13.5.